The summed E-state index contributed by atoms with van der Waals surface area (Å²) in [4.78, 5) is 7.59. The Morgan fingerprint density at radius 3 is 2.90 bits per heavy atom. The molecule has 0 aromatic carbocycles. The fourth-order valence-electron chi connectivity index (χ4n) is 3.77. The van der Waals surface area contributed by atoms with E-state index < -0.39 is 0 Å². The highest BCUT2D eigenvalue weighted by molar-refractivity contribution is 5.51. The van der Waals surface area contributed by atoms with Gasteiger partial charge >= 0.3 is 0 Å². The third-order valence-electron chi connectivity index (χ3n) is 4.95. The van der Waals surface area contributed by atoms with Crippen molar-refractivity contribution >= 4 is 5.82 Å². The minimum Gasteiger partial charge on any atom is -0.353 e. The second-order valence-corrected chi connectivity index (χ2v) is 6.24. The lowest BCUT2D eigenvalue weighted by Crippen LogP contribution is -2.40. The van der Waals surface area contributed by atoms with Crippen molar-refractivity contribution in [3.63, 3.8) is 0 Å². The predicted octanol–water partition coefficient (Wildman–Crippen LogP) is 3.19. The first-order valence-corrected chi connectivity index (χ1v) is 8.32. The molecule has 3 heteroatoms. The van der Waals surface area contributed by atoms with Crippen molar-refractivity contribution in [1.82, 2.24) is 4.98 Å². The van der Waals surface area contributed by atoms with Gasteiger partial charge in [-0.2, -0.15) is 0 Å². The molecule has 1 aliphatic carbocycles. The molecule has 1 aliphatic heterocycles. The minimum absolute atomic E-state index is 0.614. The number of nitrogens with zero attached hydrogens (tertiary/aromatic N) is 2. The summed E-state index contributed by atoms with van der Waals surface area (Å²) in [5.74, 6) is 1.19. The second kappa shape index (κ2) is 6.13. The van der Waals surface area contributed by atoms with Crippen LogP contribution in [0.5, 0.6) is 0 Å². The summed E-state index contributed by atoms with van der Waals surface area (Å²) in [6, 6.07) is 3.00. The molecule has 0 amide bonds. The number of nitrogens with two attached hydrogens (primary N) is 1. The second-order valence-electron chi connectivity index (χ2n) is 6.24. The van der Waals surface area contributed by atoms with E-state index in [9.17, 15) is 0 Å². The molecule has 3 rings (SSSR count). The Labute approximate surface area is 122 Å². The van der Waals surface area contributed by atoms with E-state index in [1.165, 1.54) is 67.6 Å². The van der Waals surface area contributed by atoms with E-state index in [0.29, 0.717) is 12.6 Å². The van der Waals surface area contributed by atoms with E-state index >= 15 is 0 Å². The summed E-state index contributed by atoms with van der Waals surface area (Å²) in [6.45, 7) is 4.06. The van der Waals surface area contributed by atoms with Crippen LogP contribution in [0.3, 0.4) is 0 Å². The van der Waals surface area contributed by atoms with Gasteiger partial charge in [-0.25, -0.2) is 4.98 Å². The van der Waals surface area contributed by atoms with Gasteiger partial charge in [0, 0.05) is 30.4 Å². The first-order valence-electron chi connectivity index (χ1n) is 8.32. The van der Waals surface area contributed by atoms with Gasteiger partial charge < -0.3 is 10.6 Å². The molecule has 110 valence electrons. The van der Waals surface area contributed by atoms with E-state index in [1.54, 1.807) is 0 Å². The van der Waals surface area contributed by atoms with Crippen LogP contribution in [-0.2, 0) is 19.4 Å². The molecule has 2 heterocycles. The molecule has 1 saturated heterocycles. The Hall–Kier alpha value is -1.09. The van der Waals surface area contributed by atoms with Crippen LogP contribution in [0.1, 0.15) is 62.3 Å². The van der Waals surface area contributed by atoms with Gasteiger partial charge in [0.05, 0.1) is 0 Å². The van der Waals surface area contributed by atoms with Crippen LogP contribution in [0.15, 0.2) is 6.07 Å². The van der Waals surface area contributed by atoms with Gasteiger partial charge in [-0.1, -0.05) is 6.92 Å². The zero-order chi connectivity index (χ0) is 13.9. The lowest BCUT2D eigenvalue weighted by molar-refractivity contribution is 0.445. The Kier molecular flexibility index (Phi) is 4.25. The Balaban J connectivity index is 1.98. The highest BCUT2D eigenvalue weighted by Crippen LogP contribution is 2.31. The van der Waals surface area contributed by atoms with Gasteiger partial charge in [-0.05, 0) is 63.0 Å². The molecule has 3 nitrogen and oxygen atoms in total. The van der Waals surface area contributed by atoms with Crippen molar-refractivity contribution in [2.45, 2.75) is 70.9 Å². The molecule has 2 aliphatic rings. The molecular weight excluding hydrogens is 246 g/mol. The molecule has 1 aromatic heterocycles. The van der Waals surface area contributed by atoms with Gasteiger partial charge in [0.25, 0.3) is 0 Å². The van der Waals surface area contributed by atoms with Gasteiger partial charge in [0.1, 0.15) is 5.82 Å². The number of fused-ring (bicyclic) bond motifs is 1. The molecule has 1 fully saturated rings. The number of hydrogen-bond donors (Lipinski definition) is 1. The molecule has 1 atom stereocenters. The fraction of sp³-hybridized carbons (Fsp3) is 0.706. The zero-order valence-corrected chi connectivity index (χ0v) is 12.7. The number of aromatic nitrogens is 1. The maximum Gasteiger partial charge on any atom is 0.133 e. The van der Waals surface area contributed by atoms with Crippen molar-refractivity contribution in [1.29, 1.82) is 0 Å². The van der Waals surface area contributed by atoms with Crippen molar-refractivity contribution in [2.24, 2.45) is 5.73 Å². The number of piperidine rings is 1. The lowest BCUT2D eigenvalue weighted by atomic mass is 9.93. The molecule has 0 spiro atoms. The quantitative estimate of drug-likeness (QED) is 0.919. The maximum atomic E-state index is 6.01. The molecule has 0 bridgehead atoms. The average Bonchev–Trinajstić information content (AvgIpc) is 2.53. The third-order valence-corrected chi connectivity index (χ3v) is 4.95. The first kappa shape index (κ1) is 13.9. The molecule has 0 saturated carbocycles. The van der Waals surface area contributed by atoms with Crippen LogP contribution < -0.4 is 10.6 Å². The minimum atomic E-state index is 0.614. The van der Waals surface area contributed by atoms with Crippen LogP contribution in [-0.4, -0.2) is 17.6 Å². The van der Waals surface area contributed by atoms with E-state index in [1.807, 2.05) is 0 Å². The molecular formula is C17H27N3. The standard InChI is InChI=1S/C17H27N3/c1-2-15-8-5-6-10-20(15)17-14(12-18)11-13-7-3-4-9-16(13)19-17/h11,15H,2-10,12,18H2,1H3. The number of hydrogen-bond acceptors (Lipinski definition) is 3. The van der Waals surface area contributed by atoms with Crippen molar-refractivity contribution in [2.75, 3.05) is 11.4 Å². The highest BCUT2D eigenvalue weighted by atomic mass is 15.2. The van der Waals surface area contributed by atoms with Crippen LogP contribution >= 0.6 is 0 Å². The number of aryl methyl sites for hydroxylation is 2. The molecule has 20 heavy (non-hydrogen) atoms. The van der Waals surface area contributed by atoms with Gasteiger partial charge in [-0.3, -0.25) is 0 Å². The summed E-state index contributed by atoms with van der Waals surface area (Å²) in [7, 11) is 0. The smallest absolute Gasteiger partial charge is 0.133 e. The summed E-state index contributed by atoms with van der Waals surface area (Å²) in [6.07, 6.45) is 10.1. The number of pyridine rings is 1. The van der Waals surface area contributed by atoms with Crippen molar-refractivity contribution in [3.05, 3.63) is 22.9 Å². The third kappa shape index (κ3) is 2.56. The number of rotatable bonds is 3. The van der Waals surface area contributed by atoms with Gasteiger partial charge in [-0.15, -0.1) is 0 Å². The summed E-state index contributed by atoms with van der Waals surface area (Å²) in [5.41, 5.74) is 10.1. The summed E-state index contributed by atoms with van der Waals surface area (Å²) in [5, 5.41) is 0. The molecule has 1 aromatic rings. The average molecular weight is 273 g/mol. The Morgan fingerprint density at radius 1 is 1.25 bits per heavy atom. The maximum absolute atomic E-state index is 6.01. The fourth-order valence-corrected chi connectivity index (χ4v) is 3.77. The highest BCUT2D eigenvalue weighted by Gasteiger charge is 2.25. The van der Waals surface area contributed by atoms with Crippen LogP contribution in [0.25, 0.3) is 0 Å². The summed E-state index contributed by atoms with van der Waals surface area (Å²) >= 11 is 0. The van der Waals surface area contributed by atoms with Crippen molar-refractivity contribution in [3.8, 4) is 0 Å². The van der Waals surface area contributed by atoms with Crippen LogP contribution in [0.4, 0.5) is 5.82 Å². The summed E-state index contributed by atoms with van der Waals surface area (Å²) < 4.78 is 0. The number of anilines is 1. The SMILES string of the molecule is CCC1CCCCN1c1nc2c(cc1CN)CCCC2. The van der Waals surface area contributed by atoms with E-state index in [4.69, 9.17) is 10.7 Å². The topological polar surface area (TPSA) is 42.2 Å². The van der Waals surface area contributed by atoms with Crippen LogP contribution in [0.2, 0.25) is 0 Å². The monoisotopic (exact) mass is 273 g/mol. The van der Waals surface area contributed by atoms with E-state index in [2.05, 4.69) is 17.9 Å². The van der Waals surface area contributed by atoms with Gasteiger partial charge in [0.2, 0.25) is 0 Å². The van der Waals surface area contributed by atoms with E-state index in [0.717, 1.165) is 13.0 Å². The van der Waals surface area contributed by atoms with E-state index in [-0.39, 0.29) is 0 Å². The molecule has 2 N–H and O–H groups in total. The largest absolute Gasteiger partial charge is 0.353 e. The van der Waals surface area contributed by atoms with Crippen LogP contribution in [0, 0.1) is 0 Å². The van der Waals surface area contributed by atoms with Crippen molar-refractivity contribution < 1.29 is 0 Å². The zero-order valence-electron chi connectivity index (χ0n) is 12.7. The Bertz CT molecular complexity index is 470. The normalized spacial score (nSPS) is 22.7. The van der Waals surface area contributed by atoms with Gasteiger partial charge in [0.15, 0.2) is 0 Å². The predicted molar refractivity (Wildman–Crippen MR) is 84.0 cm³/mol. The molecule has 0 radical (unpaired) electrons. The first-order chi connectivity index (χ1) is 9.83. The Morgan fingerprint density at radius 2 is 2.10 bits per heavy atom. The molecule has 1 unspecified atom stereocenters. The lowest BCUT2D eigenvalue weighted by Gasteiger charge is -2.38.